The molecule has 1 aromatic heterocycles. The maximum atomic E-state index is 10.1. The average Bonchev–Trinajstić information content (AvgIpc) is 3.32. The van der Waals surface area contributed by atoms with Gasteiger partial charge >= 0.3 is 0 Å². The number of nitriles is 1. The van der Waals surface area contributed by atoms with E-state index in [-0.39, 0.29) is 0 Å². The van der Waals surface area contributed by atoms with Gasteiger partial charge in [-0.1, -0.05) is 74.5 Å². The van der Waals surface area contributed by atoms with E-state index in [1.54, 1.807) is 11.3 Å². The van der Waals surface area contributed by atoms with E-state index in [0.717, 1.165) is 62.7 Å². The van der Waals surface area contributed by atoms with E-state index < -0.39 is 5.41 Å². The maximum absolute atomic E-state index is 10.1. The van der Waals surface area contributed by atoms with Crippen LogP contribution in [0, 0.1) is 17.2 Å². The summed E-state index contributed by atoms with van der Waals surface area (Å²) in [5.74, 6) is 0.292. The standard InChI is InChI=1S/C28H34N4S/c1-23(2)28(22-29,25-12-7-4-8-13-25)14-9-15-31-16-18-32(19-17-31)20-26-21-33-27(30-26)24-10-5-3-6-11-24/h3-8,10-13,21,23H,9,14-20H2,1-2H3. The van der Waals surface area contributed by atoms with Gasteiger partial charge in [0.15, 0.2) is 0 Å². The molecule has 1 fully saturated rings. The van der Waals surface area contributed by atoms with Crippen LogP contribution in [0.5, 0.6) is 0 Å². The highest BCUT2D eigenvalue weighted by Gasteiger charge is 2.35. The molecule has 0 bridgehead atoms. The molecule has 0 radical (unpaired) electrons. The van der Waals surface area contributed by atoms with E-state index in [1.165, 1.54) is 11.3 Å². The van der Waals surface area contributed by atoms with Gasteiger partial charge < -0.3 is 4.90 Å². The third kappa shape index (κ3) is 5.70. The topological polar surface area (TPSA) is 43.2 Å². The van der Waals surface area contributed by atoms with Gasteiger partial charge in [-0.2, -0.15) is 5.26 Å². The van der Waals surface area contributed by atoms with Crippen LogP contribution in [0.2, 0.25) is 0 Å². The molecule has 1 atom stereocenters. The van der Waals surface area contributed by atoms with Crippen molar-refractivity contribution in [3.05, 3.63) is 77.3 Å². The first-order valence-corrected chi connectivity index (χ1v) is 12.9. The van der Waals surface area contributed by atoms with Crippen molar-refractivity contribution < 1.29 is 0 Å². The minimum Gasteiger partial charge on any atom is -0.301 e. The summed E-state index contributed by atoms with van der Waals surface area (Å²) in [6, 6.07) is 23.5. The third-order valence-electron chi connectivity index (χ3n) is 6.94. The average molecular weight is 459 g/mol. The molecule has 3 aromatic rings. The fourth-order valence-corrected chi connectivity index (χ4v) is 5.64. The Bertz CT molecular complexity index is 1030. The zero-order chi connectivity index (χ0) is 23.1. The lowest BCUT2D eigenvalue weighted by Gasteiger charge is -2.36. The molecule has 1 unspecified atom stereocenters. The molecule has 0 amide bonds. The summed E-state index contributed by atoms with van der Waals surface area (Å²) in [6.45, 7) is 10.7. The molecule has 1 aliphatic rings. The number of aromatic nitrogens is 1. The van der Waals surface area contributed by atoms with Gasteiger partial charge in [-0.05, 0) is 30.9 Å². The van der Waals surface area contributed by atoms with Crippen molar-refractivity contribution in [3.8, 4) is 16.6 Å². The molecule has 4 nitrogen and oxygen atoms in total. The van der Waals surface area contributed by atoms with Crippen LogP contribution in [0.3, 0.4) is 0 Å². The summed E-state index contributed by atoms with van der Waals surface area (Å²) in [4.78, 5) is 9.93. The highest BCUT2D eigenvalue weighted by Crippen LogP contribution is 2.36. The quantitative estimate of drug-likeness (QED) is 0.405. The van der Waals surface area contributed by atoms with Gasteiger partial charge in [-0.15, -0.1) is 11.3 Å². The van der Waals surface area contributed by atoms with Crippen LogP contribution in [0.25, 0.3) is 10.6 Å². The van der Waals surface area contributed by atoms with Crippen LogP contribution >= 0.6 is 11.3 Å². The monoisotopic (exact) mass is 458 g/mol. The number of piperazine rings is 1. The van der Waals surface area contributed by atoms with E-state index in [2.05, 4.69) is 71.5 Å². The van der Waals surface area contributed by atoms with E-state index in [9.17, 15) is 5.26 Å². The fourth-order valence-electron chi connectivity index (χ4n) is 4.83. The van der Waals surface area contributed by atoms with Gasteiger partial charge in [-0.25, -0.2) is 4.98 Å². The second kappa shape index (κ2) is 11.1. The lowest BCUT2D eigenvalue weighted by Crippen LogP contribution is -2.46. The SMILES string of the molecule is CC(C)C(C#N)(CCCN1CCN(Cc2csc(-c3ccccc3)n2)CC1)c1ccccc1. The summed E-state index contributed by atoms with van der Waals surface area (Å²) in [5.41, 5.74) is 3.13. The smallest absolute Gasteiger partial charge is 0.123 e. The Morgan fingerprint density at radius 2 is 1.61 bits per heavy atom. The van der Waals surface area contributed by atoms with Gasteiger partial charge in [0.1, 0.15) is 5.01 Å². The highest BCUT2D eigenvalue weighted by atomic mass is 32.1. The summed E-state index contributed by atoms with van der Waals surface area (Å²) < 4.78 is 0. The van der Waals surface area contributed by atoms with Gasteiger partial charge in [0.2, 0.25) is 0 Å². The minimum absolute atomic E-state index is 0.292. The molecule has 2 aromatic carbocycles. The third-order valence-corrected chi connectivity index (χ3v) is 7.88. The second-order valence-electron chi connectivity index (χ2n) is 9.34. The Morgan fingerprint density at radius 3 is 2.24 bits per heavy atom. The molecule has 4 rings (SSSR count). The molecule has 0 saturated carbocycles. The largest absolute Gasteiger partial charge is 0.301 e. The van der Waals surface area contributed by atoms with E-state index in [1.807, 2.05) is 24.3 Å². The first-order valence-electron chi connectivity index (χ1n) is 12.0. The van der Waals surface area contributed by atoms with Crippen LogP contribution in [0.15, 0.2) is 66.0 Å². The van der Waals surface area contributed by atoms with Crippen LogP contribution in [0.1, 0.15) is 37.9 Å². The molecule has 5 heteroatoms. The van der Waals surface area contributed by atoms with Gasteiger partial charge in [0.05, 0.1) is 17.2 Å². The van der Waals surface area contributed by atoms with Crippen molar-refractivity contribution >= 4 is 11.3 Å². The van der Waals surface area contributed by atoms with Crippen molar-refractivity contribution in [2.45, 2.75) is 38.6 Å². The van der Waals surface area contributed by atoms with E-state index >= 15 is 0 Å². The first-order chi connectivity index (χ1) is 16.1. The summed E-state index contributed by atoms with van der Waals surface area (Å²) >= 11 is 1.73. The van der Waals surface area contributed by atoms with Crippen molar-refractivity contribution in [2.75, 3.05) is 32.7 Å². The molecule has 0 aliphatic carbocycles. The Kier molecular flexibility index (Phi) is 7.93. The Labute approximate surface area is 202 Å². The fraction of sp³-hybridized carbons (Fsp3) is 0.429. The van der Waals surface area contributed by atoms with Crippen molar-refractivity contribution in [1.29, 1.82) is 5.26 Å². The van der Waals surface area contributed by atoms with Crippen LogP contribution in [0.4, 0.5) is 0 Å². The lowest BCUT2D eigenvalue weighted by atomic mass is 9.70. The molecule has 33 heavy (non-hydrogen) atoms. The minimum atomic E-state index is -0.399. The predicted octanol–water partition coefficient (Wildman–Crippen LogP) is 5.83. The molecule has 0 spiro atoms. The van der Waals surface area contributed by atoms with Gasteiger partial charge in [0.25, 0.3) is 0 Å². The summed E-state index contributed by atoms with van der Waals surface area (Å²) in [6.07, 6.45) is 1.96. The van der Waals surface area contributed by atoms with Gasteiger partial charge in [-0.3, -0.25) is 4.90 Å². The van der Waals surface area contributed by atoms with E-state index in [0.29, 0.717) is 5.92 Å². The Morgan fingerprint density at radius 1 is 0.970 bits per heavy atom. The molecule has 1 saturated heterocycles. The van der Waals surface area contributed by atoms with Crippen LogP contribution < -0.4 is 0 Å². The number of nitrogens with zero attached hydrogens (tertiary/aromatic N) is 4. The van der Waals surface area contributed by atoms with Crippen molar-refractivity contribution in [3.63, 3.8) is 0 Å². The molecular weight excluding hydrogens is 424 g/mol. The zero-order valence-electron chi connectivity index (χ0n) is 19.8. The number of thiazole rings is 1. The normalized spacial score (nSPS) is 17.0. The molecule has 0 N–H and O–H groups in total. The van der Waals surface area contributed by atoms with Crippen molar-refractivity contribution in [1.82, 2.24) is 14.8 Å². The Hall–Kier alpha value is -2.52. The van der Waals surface area contributed by atoms with Gasteiger partial charge in [0, 0.05) is 43.7 Å². The zero-order valence-corrected chi connectivity index (χ0v) is 20.6. The molecule has 1 aliphatic heterocycles. The number of hydrogen-bond acceptors (Lipinski definition) is 5. The predicted molar refractivity (Wildman–Crippen MR) is 137 cm³/mol. The van der Waals surface area contributed by atoms with Crippen molar-refractivity contribution in [2.24, 2.45) is 5.92 Å². The summed E-state index contributed by atoms with van der Waals surface area (Å²) in [7, 11) is 0. The molecule has 2 heterocycles. The number of rotatable bonds is 9. The second-order valence-corrected chi connectivity index (χ2v) is 10.2. The summed E-state index contributed by atoms with van der Waals surface area (Å²) in [5, 5.41) is 13.4. The lowest BCUT2D eigenvalue weighted by molar-refractivity contribution is 0.122. The highest BCUT2D eigenvalue weighted by molar-refractivity contribution is 7.13. The molecular formula is C28H34N4S. The molecule has 172 valence electrons. The maximum Gasteiger partial charge on any atom is 0.123 e. The van der Waals surface area contributed by atoms with Crippen LogP contribution in [-0.2, 0) is 12.0 Å². The number of hydrogen-bond donors (Lipinski definition) is 0. The van der Waals surface area contributed by atoms with Crippen LogP contribution in [-0.4, -0.2) is 47.5 Å². The first kappa shape index (κ1) is 23.6. The number of benzene rings is 2. The van der Waals surface area contributed by atoms with E-state index in [4.69, 9.17) is 4.98 Å². The Balaban J connectivity index is 1.25.